The summed E-state index contributed by atoms with van der Waals surface area (Å²) in [4.78, 5) is 16.2. The Kier molecular flexibility index (Phi) is 2.83. The van der Waals surface area contributed by atoms with Crippen LogP contribution in [0.2, 0.25) is 0 Å². The summed E-state index contributed by atoms with van der Waals surface area (Å²) < 4.78 is 0. The van der Waals surface area contributed by atoms with Gasteiger partial charge in [-0.2, -0.15) is 0 Å². The Labute approximate surface area is 90.9 Å². The number of hydrogen-bond donors (Lipinski definition) is 1. The molecule has 0 aromatic carbocycles. The van der Waals surface area contributed by atoms with Gasteiger partial charge in [0.05, 0.1) is 4.92 Å². The van der Waals surface area contributed by atoms with Gasteiger partial charge in [-0.05, 0) is 24.2 Å². The fourth-order valence-electron chi connectivity index (χ4n) is 1.58. The minimum atomic E-state index is -0.406. The molecule has 1 aliphatic rings. The number of rotatable bonds is 2. The molecule has 2 N–H and O–H groups in total. The van der Waals surface area contributed by atoms with Gasteiger partial charge in [0.15, 0.2) is 5.13 Å². The Bertz CT molecular complexity index is 359. The van der Waals surface area contributed by atoms with Crippen LogP contribution in [0.15, 0.2) is 6.20 Å². The molecule has 15 heavy (non-hydrogen) atoms. The first-order valence-electron chi connectivity index (χ1n) is 4.77. The van der Waals surface area contributed by atoms with E-state index in [0.29, 0.717) is 0 Å². The van der Waals surface area contributed by atoms with Crippen LogP contribution in [-0.4, -0.2) is 29.0 Å². The van der Waals surface area contributed by atoms with Crippen LogP contribution in [0.4, 0.5) is 10.1 Å². The Morgan fingerprint density at radius 3 is 2.80 bits per heavy atom. The second-order valence-corrected chi connectivity index (χ2v) is 4.55. The Morgan fingerprint density at radius 1 is 1.60 bits per heavy atom. The summed E-state index contributed by atoms with van der Waals surface area (Å²) in [6.45, 7) is 1.68. The van der Waals surface area contributed by atoms with Crippen LogP contribution in [0.1, 0.15) is 12.8 Å². The van der Waals surface area contributed by atoms with Crippen LogP contribution < -0.4 is 10.6 Å². The van der Waals surface area contributed by atoms with Crippen LogP contribution in [-0.2, 0) is 0 Å². The molecule has 6 nitrogen and oxygen atoms in total. The van der Waals surface area contributed by atoms with Gasteiger partial charge >= 0.3 is 5.00 Å². The molecule has 0 unspecified atom stereocenters. The SMILES string of the molecule is NC1CCN(c2ncc([N+](=O)[O-])s2)CC1. The molecule has 0 saturated carbocycles. The van der Waals surface area contributed by atoms with Gasteiger partial charge < -0.3 is 10.6 Å². The molecule has 1 aromatic rings. The van der Waals surface area contributed by atoms with Crippen molar-refractivity contribution in [2.45, 2.75) is 18.9 Å². The summed E-state index contributed by atoms with van der Waals surface area (Å²) in [6, 6.07) is 0.260. The predicted molar refractivity (Wildman–Crippen MR) is 58.2 cm³/mol. The molecule has 1 saturated heterocycles. The third kappa shape index (κ3) is 2.24. The summed E-state index contributed by atoms with van der Waals surface area (Å²) in [5.74, 6) is 0. The maximum Gasteiger partial charge on any atom is 0.345 e. The van der Waals surface area contributed by atoms with Gasteiger partial charge in [0, 0.05) is 19.1 Å². The number of nitrogens with two attached hydrogens (primary N) is 1. The molecular formula is C8H12N4O2S. The van der Waals surface area contributed by atoms with E-state index in [0.717, 1.165) is 42.4 Å². The highest BCUT2D eigenvalue weighted by Gasteiger charge is 2.21. The molecule has 0 aliphatic carbocycles. The molecule has 2 rings (SSSR count). The lowest BCUT2D eigenvalue weighted by molar-refractivity contribution is -0.380. The van der Waals surface area contributed by atoms with Crippen LogP contribution in [0, 0.1) is 10.1 Å². The third-order valence-corrected chi connectivity index (χ3v) is 3.48. The number of thiazole rings is 1. The zero-order chi connectivity index (χ0) is 10.8. The van der Waals surface area contributed by atoms with Crippen molar-refractivity contribution in [3.63, 3.8) is 0 Å². The van der Waals surface area contributed by atoms with E-state index in [1.807, 2.05) is 0 Å². The summed E-state index contributed by atoms with van der Waals surface area (Å²) in [5, 5.41) is 11.3. The molecule has 0 radical (unpaired) electrons. The maximum absolute atomic E-state index is 10.5. The fourth-order valence-corrected chi connectivity index (χ4v) is 2.36. The smallest absolute Gasteiger partial charge is 0.345 e. The highest BCUT2D eigenvalue weighted by atomic mass is 32.1. The van der Waals surface area contributed by atoms with Gasteiger partial charge in [-0.3, -0.25) is 10.1 Å². The van der Waals surface area contributed by atoms with Crippen LogP contribution in [0.3, 0.4) is 0 Å². The van der Waals surface area contributed by atoms with Crippen molar-refractivity contribution in [1.82, 2.24) is 4.98 Å². The summed E-state index contributed by atoms with van der Waals surface area (Å²) in [5.41, 5.74) is 5.78. The van der Waals surface area contributed by atoms with Gasteiger partial charge in [0.2, 0.25) is 0 Å². The number of piperidine rings is 1. The van der Waals surface area contributed by atoms with Crippen LogP contribution in [0.25, 0.3) is 0 Å². The van der Waals surface area contributed by atoms with E-state index in [9.17, 15) is 10.1 Å². The van der Waals surface area contributed by atoms with Crippen molar-refractivity contribution in [2.75, 3.05) is 18.0 Å². The molecule has 0 spiro atoms. The number of anilines is 1. The van der Waals surface area contributed by atoms with Gasteiger partial charge in [-0.25, -0.2) is 4.98 Å². The molecule has 2 heterocycles. The van der Waals surface area contributed by atoms with E-state index in [1.165, 1.54) is 6.20 Å². The van der Waals surface area contributed by atoms with Gasteiger partial charge in [-0.15, -0.1) is 0 Å². The first-order valence-corrected chi connectivity index (χ1v) is 5.59. The van der Waals surface area contributed by atoms with E-state index in [4.69, 9.17) is 5.73 Å². The highest BCUT2D eigenvalue weighted by molar-refractivity contribution is 7.18. The lowest BCUT2D eigenvalue weighted by Gasteiger charge is -2.29. The number of aromatic nitrogens is 1. The van der Waals surface area contributed by atoms with Crippen molar-refractivity contribution < 1.29 is 4.92 Å². The van der Waals surface area contributed by atoms with Crippen molar-refractivity contribution in [1.29, 1.82) is 0 Å². The third-order valence-electron chi connectivity index (χ3n) is 2.47. The van der Waals surface area contributed by atoms with E-state index in [-0.39, 0.29) is 11.0 Å². The standard InChI is InChI=1S/C8H12N4O2S/c9-6-1-3-11(4-2-6)8-10-5-7(15-8)12(13)14/h5-6H,1-4,9H2. The van der Waals surface area contributed by atoms with E-state index >= 15 is 0 Å². The van der Waals surface area contributed by atoms with Gasteiger partial charge in [0.25, 0.3) is 0 Å². The fraction of sp³-hybridized carbons (Fsp3) is 0.625. The molecule has 7 heteroatoms. The van der Waals surface area contributed by atoms with Crippen LogP contribution in [0.5, 0.6) is 0 Å². The minimum Gasteiger partial charge on any atom is -0.348 e. The second-order valence-electron chi connectivity index (χ2n) is 3.56. The maximum atomic E-state index is 10.5. The Morgan fingerprint density at radius 2 is 2.27 bits per heavy atom. The zero-order valence-corrected chi connectivity index (χ0v) is 8.94. The first kappa shape index (κ1) is 10.3. The highest BCUT2D eigenvalue weighted by Crippen LogP contribution is 2.29. The van der Waals surface area contributed by atoms with Gasteiger partial charge in [-0.1, -0.05) is 0 Å². The Balaban J connectivity index is 2.06. The largest absolute Gasteiger partial charge is 0.348 e. The topological polar surface area (TPSA) is 85.3 Å². The summed E-state index contributed by atoms with van der Waals surface area (Å²) in [6.07, 6.45) is 3.16. The lowest BCUT2D eigenvalue weighted by atomic mass is 10.1. The summed E-state index contributed by atoms with van der Waals surface area (Å²) in [7, 11) is 0. The first-order chi connectivity index (χ1) is 7.16. The normalized spacial score (nSPS) is 18.1. The summed E-state index contributed by atoms with van der Waals surface area (Å²) >= 11 is 1.12. The molecule has 1 aliphatic heterocycles. The predicted octanol–water partition coefficient (Wildman–Crippen LogP) is 0.979. The number of hydrogen-bond acceptors (Lipinski definition) is 6. The van der Waals surface area contributed by atoms with E-state index in [1.54, 1.807) is 0 Å². The van der Waals surface area contributed by atoms with Crippen molar-refractivity contribution in [3.8, 4) is 0 Å². The van der Waals surface area contributed by atoms with E-state index in [2.05, 4.69) is 9.88 Å². The molecule has 1 aromatic heterocycles. The molecule has 0 bridgehead atoms. The average molecular weight is 228 g/mol. The van der Waals surface area contributed by atoms with Gasteiger partial charge in [0.1, 0.15) is 6.20 Å². The average Bonchev–Trinajstić information content (AvgIpc) is 2.68. The van der Waals surface area contributed by atoms with E-state index < -0.39 is 4.92 Å². The molecule has 0 atom stereocenters. The van der Waals surface area contributed by atoms with Crippen molar-refractivity contribution >= 4 is 21.5 Å². The number of nitro groups is 1. The molecular weight excluding hydrogens is 216 g/mol. The van der Waals surface area contributed by atoms with Crippen LogP contribution >= 0.6 is 11.3 Å². The Hall–Kier alpha value is -1.21. The molecule has 82 valence electrons. The van der Waals surface area contributed by atoms with Crippen molar-refractivity contribution in [3.05, 3.63) is 16.3 Å². The lowest BCUT2D eigenvalue weighted by Crippen LogP contribution is -2.39. The zero-order valence-electron chi connectivity index (χ0n) is 8.13. The molecule has 0 amide bonds. The monoisotopic (exact) mass is 228 g/mol. The quantitative estimate of drug-likeness (QED) is 0.602. The van der Waals surface area contributed by atoms with Crippen molar-refractivity contribution in [2.24, 2.45) is 5.73 Å². The minimum absolute atomic E-state index is 0.0971. The molecule has 1 fully saturated rings. The number of nitrogens with zero attached hydrogens (tertiary/aromatic N) is 3. The second kappa shape index (κ2) is 4.11.